The molecular formula is C28H28N2O4S. The van der Waals surface area contributed by atoms with Crippen LogP contribution < -0.4 is 4.90 Å². The molecule has 7 heteroatoms. The minimum atomic E-state index is -3.97. The monoisotopic (exact) mass is 488 g/mol. The molecule has 35 heavy (non-hydrogen) atoms. The molecule has 3 aromatic carbocycles. The number of fused-ring (bicyclic) bond motifs is 2. The normalized spacial score (nSPS) is 21.1. The number of sulfone groups is 1. The minimum Gasteiger partial charge on any atom is -0.338 e. The van der Waals surface area contributed by atoms with Crippen LogP contribution in [0.25, 0.3) is 0 Å². The van der Waals surface area contributed by atoms with Crippen molar-refractivity contribution < 1.29 is 18.0 Å². The first-order valence-corrected chi connectivity index (χ1v) is 13.4. The Kier molecular flexibility index (Phi) is 5.97. The van der Waals surface area contributed by atoms with Gasteiger partial charge in [0.25, 0.3) is 11.8 Å². The van der Waals surface area contributed by atoms with Crippen molar-refractivity contribution in [1.82, 2.24) is 4.90 Å². The Balaban J connectivity index is 1.65. The average Bonchev–Trinajstić information content (AvgIpc) is 2.92. The molecule has 2 amide bonds. The molecule has 2 heterocycles. The lowest BCUT2D eigenvalue weighted by atomic mass is 9.91. The SMILES string of the molecule is CC1CC(C)CN(C(=O)c2ccc3c(c2)N(Cc2ccccc2)C(=O)c2ccccc2S3(=O)=O)C1. The van der Waals surface area contributed by atoms with E-state index in [1.807, 2.05) is 35.2 Å². The van der Waals surface area contributed by atoms with Crippen molar-refractivity contribution in [1.29, 1.82) is 0 Å². The zero-order chi connectivity index (χ0) is 24.7. The number of amides is 2. The molecule has 0 bridgehead atoms. The van der Waals surface area contributed by atoms with Gasteiger partial charge < -0.3 is 9.80 Å². The van der Waals surface area contributed by atoms with Gasteiger partial charge in [0.05, 0.1) is 27.6 Å². The molecule has 0 spiro atoms. The van der Waals surface area contributed by atoms with Gasteiger partial charge in [0.1, 0.15) is 0 Å². The minimum absolute atomic E-state index is 0.0143. The second-order valence-corrected chi connectivity index (χ2v) is 11.6. The van der Waals surface area contributed by atoms with Gasteiger partial charge in [-0.3, -0.25) is 9.59 Å². The topological polar surface area (TPSA) is 74.8 Å². The molecule has 0 aliphatic carbocycles. The van der Waals surface area contributed by atoms with Crippen molar-refractivity contribution in [2.45, 2.75) is 36.6 Å². The van der Waals surface area contributed by atoms with Crippen LogP contribution in [0.2, 0.25) is 0 Å². The molecule has 180 valence electrons. The molecule has 6 nitrogen and oxygen atoms in total. The van der Waals surface area contributed by atoms with Crippen molar-refractivity contribution in [3.63, 3.8) is 0 Å². The lowest BCUT2D eigenvalue weighted by Gasteiger charge is -2.35. The lowest BCUT2D eigenvalue weighted by molar-refractivity contribution is 0.0623. The molecule has 0 saturated carbocycles. The Morgan fingerprint density at radius 1 is 0.886 bits per heavy atom. The number of rotatable bonds is 3. The van der Waals surface area contributed by atoms with Crippen LogP contribution in [0.15, 0.2) is 82.6 Å². The number of carbonyl (C=O) groups is 2. The Morgan fingerprint density at radius 3 is 2.26 bits per heavy atom. The summed E-state index contributed by atoms with van der Waals surface area (Å²) in [5.74, 6) is 0.248. The molecule has 1 saturated heterocycles. The van der Waals surface area contributed by atoms with E-state index in [9.17, 15) is 18.0 Å². The Hall–Kier alpha value is -3.45. The largest absolute Gasteiger partial charge is 0.338 e. The molecule has 0 N–H and O–H groups in total. The quantitative estimate of drug-likeness (QED) is 0.531. The van der Waals surface area contributed by atoms with Crippen LogP contribution in [-0.2, 0) is 16.4 Å². The van der Waals surface area contributed by atoms with Gasteiger partial charge in [-0.2, -0.15) is 0 Å². The summed E-state index contributed by atoms with van der Waals surface area (Å²) in [7, 11) is -3.97. The van der Waals surface area contributed by atoms with Crippen LogP contribution in [0.3, 0.4) is 0 Å². The summed E-state index contributed by atoms with van der Waals surface area (Å²) in [6.07, 6.45) is 1.07. The fourth-order valence-corrected chi connectivity index (χ4v) is 6.90. The van der Waals surface area contributed by atoms with Crippen LogP contribution in [0.5, 0.6) is 0 Å². The van der Waals surface area contributed by atoms with E-state index in [1.165, 1.54) is 17.0 Å². The van der Waals surface area contributed by atoms with Crippen molar-refractivity contribution in [3.05, 3.63) is 89.5 Å². The highest BCUT2D eigenvalue weighted by molar-refractivity contribution is 7.91. The zero-order valence-corrected chi connectivity index (χ0v) is 20.7. The molecule has 0 aromatic heterocycles. The number of hydrogen-bond donors (Lipinski definition) is 0. The summed E-state index contributed by atoms with van der Waals surface area (Å²) in [6, 6.07) is 20.3. The highest BCUT2D eigenvalue weighted by atomic mass is 32.2. The predicted octanol–water partition coefficient (Wildman–Crippen LogP) is 4.80. The van der Waals surface area contributed by atoms with Crippen molar-refractivity contribution in [2.75, 3.05) is 18.0 Å². The highest BCUT2D eigenvalue weighted by Gasteiger charge is 2.36. The average molecular weight is 489 g/mol. The number of piperidine rings is 1. The van der Waals surface area contributed by atoms with E-state index in [-0.39, 0.29) is 33.5 Å². The Labute approximate surface area is 206 Å². The van der Waals surface area contributed by atoms with E-state index in [4.69, 9.17) is 0 Å². The predicted molar refractivity (Wildman–Crippen MR) is 134 cm³/mol. The van der Waals surface area contributed by atoms with Gasteiger partial charge in [0, 0.05) is 18.7 Å². The van der Waals surface area contributed by atoms with Crippen molar-refractivity contribution >= 4 is 27.3 Å². The second kappa shape index (κ2) is 8.96. The maximum absolute atomic E-state index is 13.7. The van der Waals surface area contributed by atoms with E-state index in [0.29, 0.717) is 30.5 Å². The molecule has 3 aromatic rings. The number of anilines is 1. The summed E-state index contributed by atoms with van der Waals surface area (Å²) < 4.78 is 27.3. The number of likely N-dealkylation sites (tertiary alicyclic amines) is 1. The smallest absolute Gasteiger partial charge is 0.259 e. The van der Waals surface area contributed by atoms with Crippen molar-refractivity contribution in [2.24, 2.45) is 11.8 Å². The first-order valence-electron chi connectivity index (χ1n) is 11.9. The summed E-state index contributed by atoms with van der Waals surface area (Å²) in [4.78, 5) is 30.5. The van der Waals surface area contributed by atoms with Crippen LogP contribution in [0, 0.1) is 11.8 Å². The molecule has 2 aliphatic rings. The molecule has 5 rings (SSSR count). The molecule has 2 aliphatic heterocycles. The standard InChI is InChI=1S/C28H28N2O4S/c1-19-14-20(2)17-29(16-19)27(31)22-12-13-26-24(15-22)30(18-21-8-4-3-5-9-21)28(32)23-10-6-7-11-25(23)35(26,33)34/h3-13,15,19-20H,14,16-18H2,1-2H3. The summed E-state index contributed by atoms with van der Waals surface area (Å²) >= 11 is 0. The second-order valence-electron chi connectivity index (χ2n) is 9.72. The zero-order valence-electron chi connectivity index (χ0n) is 19.8. The summed E-state index contributed by atoms with van der Waals surface area (Å²) in [5.41, 5.74) is 1.61. The highest BCUT2D eigenvalue weighted by Crippen LogP contribution is 2.38. The third-order valence-corrected chi connectivity index (χ3v) is 8.64. The maximum atomic E-state index is 13.7. The molecule has 1 fully saturated rings. The Morgan fingerprint density at radius 2 is 1.54 bits per heavy atom. The summed E-state index contributed by atoms with van der Waals surface area (Å²) in [6.45, 7) is 5.79. The van der Waals surface area contributed by atoms with Gasteiger partial charge in [0.15, 0.2) is 0 Å². The number of nitrogens with zero attached hydrogens (tertiary/aromatic N) is 2. The fourth-order valence-electron chi connectivity index (χ4n) is 5.27. The lowest BCUT2D eigenvalue weighted by Crippen LogP contribution is -2.42. The number of hydrogen-bond acceptors (Lipinski definition) is 4. The van der Waals surface area contributed by atoms with E-state index >= 15 is 0 Å². The van der Waals surface area contributed by atoms with E-state index in [1.54, 1.807) is 30.3 Å². The number of carbonyl (C=O) groups excluding carboxylic acids is 2. The van der Waals surface area contributed by atoms with Crippen LogP contribution in [-0.4, -0.2) is 38.2 Å². The fraction of sp³-hybridized carbons (Fsp3) is 0.286. The third-order valence-electron chi connectivity index (χ3n) is 6.78. The third kappa shape index (κ3) is 4.25. The first-order chi connectivity index (χ1) is 16.8. The van der Waals surface area contributed by atoms with Crippen LogP contribution >= 0.6 is 0 Å². The summed E-state index contributed by atoms with van der Waals surface area (Å²) in [5, 5.41) is 0. The van der Waals surface area contributed by atoms with Crippen LogP contribution in [0.1, 0.15) is 46.5 Å². The van der Waals surface area contributed by atoms with E-state index < -0.39 is 15.7 Å². The molecule has 0 radical (unpaired) electrons. The van der Waals surface area contributed by atoms with Crippen molar-refractivity contribution in [3.8, 4) is 0 Å². The molecular weight excluding hydrogens is 460 g/mol. The van der Waals surface area contributed by atoms with Gasteiger partial charge >= 0.3 is 0 Å². The van der Waals surface area contributed by atoms with Crippen LogP contribution in [0.4, 0.5) is 5.69 Å². The first kappa shape index (κ1) is 23.3. The molecule has 2 atom stereocenters. The van der Waals surface area contributed by atoms with Gasteiger partial charge in [-0.15, -0.1) is 0 Å². The molecule has 2 unspecified atom stereocenters. The van der Waals surface area contributed by atoms with E-state index in [2.05, 4.69) is 13.8 Å². The van der Waals surface area contributed by atoms with Gasteiger partial charge in [-0.05, 0) is 54.2 Å². The van der Waals surface area contributed by atoms with E-state index in [0.717, 1.165) is 12.0 Å². The van der Waals surface area contributed by atoms with Gasteiger partial charge in [-0.1, -0.05) is 56.3 Å². The van der Waals surface area contributed by atoms with Gasteiger partial charge in [-0.25, -0.2) is 8.42 Å². The Bertz CT molecular complexity index is 1390. The maximum Gasteiger partial charge on any atom is 0.259 e. The van der Waals surface area contributed by atoms with Gasteiger partial charge in [0.2, 0.25) is 9.84 Å². The number of benzene rings is 3.